The van der Waals surface area contributed by atoms with Crippen molar-refractivity contribution in [2.75, 3.05) is 13.2 Å². The highest BCUT2D eigenvalue weighted by Gasteiger charge is 2.19. The lowest BCUT2D eigenvalue weighted by atomic mass is 10.1. The molecule has 1 atom stereocenters. The highest BCUT2D eigenvalue weighted by molar-refractivity contribution is 5.71. The lowest BCUT2D eigenvalue weighted by Crippen LogP contribution is -2.30. The van der Waals surface area contributed by atoms with Crippen LogP contribution in [0.15, 0.2) is 72.9 Å². The predicted molar refractivity (Wildman–Crippen MR) is 279 cm³/mol. The van der Waals surface area contributed by atoms with Crippen LogP contribution in [0.3, 0.4) is 0 Å². The van der Waals surface area contributed by atoms with Crippen LogP contribution in [0, 0.1) is 0 Å². The molecular formula is C59H102O6. The van der Waals surface area contributed by atoms with Gasteiger partial charge in [0.15, 0.2) is 6.10 Å². The molecule has 0 aliphatic heterocycles. The second-order valence-corrected chi connectivity index (χ2v) is 18.1. The van der Waals surface area contributed by atoms with Gasteiger partial charge in [-0.2, -0.15) is 0 Å². The Morgan fingerprint density at radius 2 is 0.585 bits per heavy atom. The van der Waals surface area contributed by atoms with Gasteiger partial charge >= 0.3 is 17.9 Å². The van der Waals surface area contributed by atoms with Crippen molar-refractivity contribution in [1.82, 2.24) is 0 Å². The van der Waals surface area contributed by atoms with Crippen LogP contribution in [0.5, 0.6) is 0 Å². The van der Waals surface area contributed by atoms with Crippen molar-refractivity contribution in [2.24, 2.45) is 0 Å². The van der Waals surface area contributed by atoms with Crippen molar-refractivity contribution in [3.63, 3.8) is 0 Å². The standard InChI is InChI=1S/C59H102O6/c1-4-7-10-13-16-19-22-24-26-28-29-31-33-35-38-40-43-46-49-52-58(61)64-55-56(65-59(62)53-50-47-44-41-36-21-18-15-12-9-6-3)54-63-57(60)51-48-45-42-39-37-34-32-30-27-25-23-20-17-14-11-8-5-2/h16,19,24-27,29,31,35,38,43,46,56H,4-15,17-18,20-23,28,30,32-34,36-37,39-42,44-45,47-55H2,1-3H3/b19-16-,26-24-,27-25-,31-29-,38-35-,46-43-/t56-/m0/s1. The molecule has 0 amide bonds. The predicted octanol–water partition coefficient (Wildman–Crippen LogP) is 18.2. The monoisotopic (exact) mass is 907 g/mol. The summed E-state index contributed by atoms with van der Waals surface area (Å²) in [7, 11) is 0. The first-order valence-electron chi connectivity index (χ1n) is 27.4. The van der Waals surface area contributed by atoms with Crippen LogP contribution in [-0.4, -0.2) is 37.2 Å². The van der Waals surface area contributed by atoms with Gasteiger partial charge in [0.25, 0.3) is 0 Å². The van der Waals surface area contributed by atoms with Crippen molar-refractivity contribution in [2.45, 2.75) is 271 Å². The first-order chi connectivity index (χ1) is 32.0. The Labute approximate surface area is 402 Å². The van der Waals surface area contributed by atoms with Crippen molar-refractivity contribution in [1.29, 1.82) is 0 Å². The van der Waals surface area contributed by atoms with Crippen LogP contribution in [0.2, 0.25) is 0 Å². The second-order valence-electron chi connectivity index (χ2n) is 18.1. The van der Waals surface area contributed by atoms with E-state index in [4.69, 9.17) is 14.2 Å². The van der Waals surface area contributed by atoms with Crippen LogP contribution in [0.4, 0.5) is 0 Å². The van der Waals surface area contributed by atoms with Gasteiger partial charge in [-0.25, -0.2) is 0 Å². The summed E-state index contributed by atoms with van der Waals surface area (Å²) in [5.74, 6) is -0.984. The Morgan fingerprint density at radius 3 is 1.00 bits per heavy atom. The maximum atomic E-state index is 12.8. The van der Waals surface area contributed by atoms with Gasteiger partial charge in [0.2, 0.25) is 0 Å². The van der Waals surface area contributed by atoms with Crippen molar-refractivity contribution in [3.05, 3.63) is 72.9 Å². The van der Waals surface area contributed by atoms with E-state index in [2.05, 4.69) is 87.6 Å². The molecule has 0 aromatic carbocycles. The van der Waals surface area contributed by atoms with Crippen LogP contribution < -0.4 is 0 Å². The average Bonchev–Trinajstić information content (AvgIpc) is 3.30. The van der Waals surface area contributed by atoms with E-state index in [-0.39, 0.29) is 37.5 Å². The number of hydrogen-bond acceptors (Lipinski definition) is 6. The number of unbranched alkanes of at least 4 members (excludes halogenated alkanes) is 26. The van der Waals surface area contributed by atoms with E-state index in [0.717, 1.165) is 64.2 Å². The van der Waals surface area contributed by atoms with E-state index in [1.807, 2.05) is 6.08 Å². The minimum absolute atomic E-state index is 0.0987. The molecule has 0 saturated carbocycles. The summed E-state index contributed by atoms with van der Waals surface area (Å²) in [4.78, 5) is 38.0. The van der Waals surface area contributed by atoms with E-state index in [9.17, 15) is 14.4 Å². The van der Waals surface area contributed by atoms with Crippen molar-refractivity contribution < 1.29 is 28.6 Å². The van der Waals surface area contributed by atoms with Gasteiger partial charge in [0.1, 0.15) is 13.2 Å². The number of carbonyl (C=O) groups excluding carboxylic acids is 3. The number of allylic oxidation sites excluding steroid dienone is 12. The quantitative estimate of drug-likeness (QED) is 0.0262. The van der Waals surface area contributed by atoms with Crippen molar-refractivity contribution in [3.8, 4) is 0 Å². The van der Waals surface area contributed by atoms with Crippen LogP contribution in [0.25, 0.3) is 0 Å². The summed E-state index contributed by atoms with van der Waals surface area (Å²) in [6, 6.07) is 0. The molecule has 0 fully saturated rings. The van der Waals surface area contributed by atoms with Crippen LogP contribution in [0.1, 0.15) is 265 Å². The Kier molecular flexibility index (Phi) is 50.9. The fourth-order valence-electron chi connectivity index (χ4n) is 7.54. The first-order valence-corrected chi connectivity index (χ1v) is 27.4. The molecule has 0 bridgehead atoms. The van der Waals surface area contributed by atoms with Gasteiger partial charge in [-0.05, 0) is 83.5 Å². The van der Waals surface area contributed by atoms with E-state index in [0.29, 0.717) is 19.3 Å². The summed E-state index contributed by atoms with van der Waals surface area (Å²) in [5.41, 5.74) is 0. The maximum absolute atomic E-state index is 12.8. The molecule has 0 rings (SSSR count). The molecule has 0 aliphatic carbocycles. The highest BCUT2D eigenvalue weighted by Crippen LogP contribution is 2.15. The summed E-state index contributed by atoms with van der Waals surface area (Å²) in [6.45, 7) is 6.54. The summed E-state index contributed by atoms with van der Waals surface area (Å²) in [6.07, 6.45) is 67.5. The number of rotatable bonds is 49. The summed E-state index contributed by atoms with van der Waals surface area (Å²) >= 11 is 0. The molecule has 65 heavy (non-hydrogen) atoms. The number of hydrogen-bond donors (Lipinski definition) is 0. The average molecular weight is 907 g/mol. The molecule has 0 aromatic rings. The molecule has 0 heterocycles. The van der Waals surface area contributed by atoms with Crippen molar-refractivity contribution >= 4 is 17.9 Å². The molecule has 6 nitrogen and oxygen atoms in total. The van der Waals surface area contributed by atoms with Gasteiger partial charge < -0.3 is 14.2 Å². The van der Waals surface area contributed by atoms with Gasteiger partial charge in [-0.1, -0.05) is 235 Å². The molecule has 0 radical (unpaired) electrons. The number of esters is 3. The fourth-order valence-corrected chi connectivity index (χ4v) is 7.54. The zero-order valence-corrected chi connectivity index (χ0v) is 42.7. The molecule has 374 valence electrons. The lowest BCUT2D eigenvalue weighted by molar-refractivity contribution is -0.166. The Bertz CT molecular complexity index is 1230. The van der Waals surface area contributed by atoms with E-state index in [1.54, 1.807) is 0 Å². The minimum atomic E-state index is -0.804. The van der Waals surface area contributed by atoms with Gasteiger partial charge in [-0.3, -0.25) is 14.4 Å². The zero-order chi connectivity index (χ0) is 47.2. The molecular weight excluding hydrogens is 805 g/mol. The molecule has 0 N–H and O–H groups in total. The maximum Gasteiger partial charge on any atom is 0.306 e. The Balaban J connectivity index is 4.44. The molecule has 0 aliphatic rings. The topological polar surface area (TPSA) is 78.9 Å². The lowest BCUT2D eigenvalue weighted by Gasteiger charge is -2.18. The molecule has 6 heteroatoms. The van der Waals surface area contributed by atoms with E-state index < -0.39 is 6.10 Å². The second kappa shape index (κ2) is 53.5. The van der Waals surface area contributed by atoms with Gasteiger partial charge in [-0.15, -0.1) is 0 Å². The van der Waals surface area contributed by atoms with Crippen LogP contribution in [-0.2, 0) is 28.6 Å². The molecule has 0 spiro atoms. The SMILES string of the molecule is CCCCC/C=C\C/C=C\C/C=C\C/C=C\C/C=C\CCC(=O)OC[C@H](COC(=O)CCCCCCCCC/C=C\CCCCCCCC)OC(=O)CCCCCCCCCCCCC. The third-order valence-corrected chi connectivity index (χ3v) is 11.7. The first kappa shape index (κ1) is 61.9. The number of carbonyl (C=O) groups is 3. The molecule has 0 saturated heterocycles. The van der Waals surface area contributed by atoms with Gasteiger partial charge in [0.05, 0.1) is 0 Å². The third-order valence-electron chi connectivity index (χ3n) is 11.7. The highest BCUT2D eigenvalue weighted by atomic mass is 16.6. The minimum Gasteiger partial charge on any atom is -0.462 e. The van der Waals surface area contributed by atoms with E-state index >= 15 is 0 Å². The molecule has 0 unspecified atom stereocenters. The Hall–Kier alpha value is -3.15. The fraction of sp³-hybridized carbons (Fsp3) is 0.746. The smallest absolute Gasteiger partial charge is 0.306 e. The Morgan fingerprint density at radius 1 is 0.308 bits per heavy atom. The van der Waals surface area contributed by atoms with E-state index in [1.165, 1.54) is 154 Å². The zero-order valence-electron chi connectivity index (χ0n) is 42.7. The largest absolute Gasteiger partial charge is 0.462 e. The van der Waals surface area contributed by atoms with Crippen LogP contribution >= 0.6 is 0 Å². The number of ether oxygens (including phenoxy) is 3. The molecule has 0 aromatic heterocycles. The summed E-state index contributed by atoms with van der Waals surface area (Å²) in [5, 5.41) is 0. The third kappa shape index (κ3) is 51.7. The normalized spacial score (nSPS) is 12.6. The van der Waals surface area contributed by atoms with Gasteiger partial charge in [0, 0.05) is 19.3 Å². The summed E-state index contributed by atoms with van der Waals surface area (Å²) < 4.78 is 16.7.